The van der Waals surface area contributed by atoms with Crippen molar-refractivity contribution in [2.75, 3.05) is 0 Å². The van der Waals surface area contributed by atoms with E-state index in [1.54, 1.807) is 0 Å². The van der Waals surface area contributed by atoms with E-state index in [0.717, 1.165) is 25.7 Å². The van der Waals surface area contributed by atoms with Gasteiger partial charge in [-0.15, -0.1) is 0 Å². The van der Waals surface area contributed by atoms with Crippen molar-refractivity contribution >= 4 is 34.5 Å². The molecule has 1 aliphatic heterocycles. The molecular formula is C8H9IO3. The van der Waals surface area contributed by atoms with E-state index in [1.165, 1.54) is 0 Å². The Kier molecular flexibility index (Phi) is 1.89. The Balaban J connectivity index is 2.33. The van der Waals surface area contributed by atoms with Crippen LogP contribution in [0.1, 0.15) is 25.7 Å². The molecule has 2 unspecified atom stereocenters. The molecule has 4 heteroatoms. The van der Waals surface area contributed by atoms with Gasteiger partial charge in [0.1, 0.15) is 3.42 Å². The largest absolute Gasteiger partial charge is 0.392 e. The predicted octanol–water partition coefficient (Wildman–Crippen LogP) is 1.43. The van der Waals surface area contributed by atoms with Crippen molar-refractivity contribution in [1.29, 1.82) is 0 Å². The fraction of sp³-hybridized carbons (Fsp3) is 0.750. The third kappa shape index (κ3) is 1.000. The molecule has 2 rings (SSSR count). The number of esters is 2. The van der Waals surface area contributed by atoms with Crippen molar-refractivity contribution in [1.82, 2.24) is 0 Å². The molecule has 1 aliphatic carbocycles. The third-order valence-corrected chi connectivity index (χ3v) is 4.38. The Morgan fingerprint density at radius 3 is 2.83 bits per heavy atom. The first kappa shape index (κ1) is 8.47. The zero-order valence-electron chi connectivity index (χ0n) is 6.51. The van der Waals surface area contributed by atoms with Crippen molar-refractivity contribution in [3.8, 4) is 0 Å². The van der Waals surface area contributed by atoms with Gasteiger partial charge in [0.25, 0.3) is 0 Å². The van der Waals surface area contributed by atoms with E-state index in [9.17, 15) is 9.59 Å². The van der Waals surface area contributed by atoms with E-state index in [1.807, 2.05) is 0 Å². The molecule has 1 saturated carbocycles. The lowest BCUT2D eigenvalue weighted by atomic mass is 9.81. The van der Waals surface area contributed by atoms with Crippen LogP contribution in [0.3, 0.4) is 0 Å². The van der Waals surface area contributed by atoms with Crippen LogP contribution in [0.4, 0.5) is 0 Å². The molecule has 2 atom stereocenters. The van der Waals surface area contributed by atoms with E-state index in [-0.39, 0.29) is 17.9 Å². The number of hydrogen-bond acceptors (Lipinski definition) is 3. The predicted molar refractivity (Wildman–Crippen MR) is 49.8 cm³/mol. The first-order valence-electron chi connectivity index (χ1n) is 4.09. The average molecular weight is 280 g/mol. The minimum atomic E-state index is -0.521. The van der Waals surface area contributed by atoms with Gasteiger partial charge in [-0.3, -0.25) is 9.59 Å². The second-order valence-electron chi connectivity index (χ2n) is 3.37. The van der Waals surface area contributed by atoms with Crippen LogP contribution in [-0.4, -0.2) is 15.4 Å². The second-order valence-corrected chi connectivity index (χ2v) is 5.29. The summed E-state index contributed by atoms with van der Waals surface area (Å²) in [7, 11) is 0. The molecule has 2 aliphatic rings. The molecule has 12 heavy (non-hydrogen) atoms. The number of fused-ring (bicyclic) bond motifs is 1. The third-order valence-electron chi connectivity index (χ3n) is 2.65. The van der Waals surface area contributed by atoms with Crippen molar-refractivity contribution in [2.24, 2.45) is 5.92 Å². The molecule has 0 spiro atoms. The Morgan fingerprint density at radius 1 is 1.42 bits per heavy atom. The van der Waals surface area contributed by atoms with Crippen LogP contribution in [0.15, 0.2) is 0 Å². The van der Waals surface area contributed by atoms with Gasteiger partial charge in [-0.05, 0) is 12.8 Å². The van der Waals surface area contributed by atoms with Crippen molar-refractivity contribution in [3.63, 3.8) is 0 Å². The maximum atomic E-state index is 11.3. The van der Waals surface area contributed by atoms with Crippen molar-refractivity contribution < 1.29 is 14.3 Å². The van der Waals surface area contributed by atoms with E-state index in [0.29, 0.717) is 0 Å². The lowest BCUT2D eigenvalue weighted by molar-refractivity contribution is -0.153. The topological polar surface area (TPSA) is 43.4 Å². The average Bonchev–Trinajstić information content (AvgIpc) is 2.25. The standard InChI is InChI=1S/C8H9IO3/c9-8-4-2-1-3-5(8)6(10)12-7(8)11/h5H,1-4H2. The van der Waals surface area contributed by atoms with Crippen LogP contribution in [0.2, 0.25) is 0 Å². The van der Waals surface area contributed by atoms with E-state index < -0.39 is 3.42 Å². The lowest BCUT2D eigenvalue weighted by Crippen LogP contribution is -2.37. The molecule has 0 aromatic rings. The molecule has 0 amide bonds. The monoisotopic (exact) mass is 280 g/mol. The number of carbonyl (C=O) groups excluding carboxylic acids is 2. The Bertz CT molecular complexity index is 251. The summed E-state index contributed by atoms with van der Waals surface area (Å²) in [5.74, 6) is -0.800. The van der Waals surface area contributed by atoms with E-state index >= 15 is 0 Å². The maximum Gasteiger partial charge on any atom is 0.330 e. The van der Waals surface area contributed by atoms with Crippen molar-refractivity contribution in [3.05, 3.63) is 0 Å². The van der Waals surface area contributed by atoms with Gasteiger partial charge in [0.05, 0.1) is 5.92 Å². The molecule has 0 aromatic heterocycles. The summed E-state index contributed by atoms with van der Waals surface area (Å²) in [5.41, 5.74) is 0. The minimum Gasteiger partial charge on any atom is -0.392 e. The Labute approximate surface area is 84.0 Å². The van der Waals surface area contributed by atoms with E-state index in [2.05, 4.69) is 27.3 Å². The van der Waals surface area contributed by atoms with Gasteiger partial charge >= 0.3 is 11.9 Å². The quantitative estimate of drug-likeness (QED) is 0.292. The van der Waals surface area contributed by atoms with Crippen molar-refractivity contribution in [2.45, 2.75) is 29.1 Å². The van der Waals surface area contributed by atoms with Gasteiger partial charge < -0.3 is 4.74 Å². The number of halogens is 1. The van der Waals surface area contributed by atoms with Crippen LogP contribution in [0.25, 0.3) is 0 Å². The summed E-state index contributed by atoms with van der Waals surface area (Å²) in [4.78, 5) is 22.5. The first-order chi connectivity index (χ1) is 5.64. The van der Waals surface area contributed by atoms with Crippen LogP contribution >= 0.6 is 22.6 Å². The Morgan fingerprint density at radius 2 is 2.17 bits per heavy atom. The summed E-state index contributed by atoms with van der Waals surface area (Å²) < 4.78 is 4.11. The minimum absolute atomic E-state index is 0.167. The molecule has 1 heterocycles. The van der Waals surface area contributed by atoms with Crippen LogP contribution in [0.5, 0.6) is 0 Å². The van der Waals surface area contributed by atoms with Gasteiger partial charge in [0, 0.05) is 0 Å². The van der Waals surface area contributed by atoms with Crippen LogP contribution in [0, 0.1) is 5.92 Å². The number of hydrogen-bond donors (Lipinski definition) is 0. The SMILES string of the molecule is O=C1OC(=O)C2(I)CCCCC12. The highest BCUT2D eigenvalue weighted by Gasteiger charge is 2.56. The molecule has 0 N–H and O–H groups in total. The van der Waals surface area contributed by atoms with Crippen LogP contribution in [-0.2, 0) is 14.3 Å². The van der Waals surface area contributed by atoms with E-state index in [4.69, 9.17) is 0 Å². The van der Waals surface area contributed by atoms with Gasteiger partial charge in [-0.1, -0.05) is 35.4 Å². The molecule has 0 bridgehead atoms. The first-order valence-corrected chi connectivity index (χ1v) is 5.17. The van der Waals surface area contributed by atoms with Crippen LogP contribution < -0.4 is 0 Å². The number of cyclic esters (lactones) is 2. The maximum absolute atomic E-state index is 11.3. The zero-order valence-corrected chi connectivity index (χ0v) is 8.67. The smallest absolute Gasteiger partial charge is 0.330 e. The number of alkyl halides is 1. The summed E-state index contributed by atoms with van der Waals surface area (Å²) in [5, 5.41) is 0. The highest BCUT2D eigenvalue weighted by Crippen LogP contribution is 2.46. The molecule has 1 saturated heterocycles. The summed E-state index contributed by atoms with van der Waals surface area (Å²) in [6.45, 7) is 0. The van der Waals surface area contributed by atoms with Gasteiger partial charge in [0.2, 0.25) is 0 Å². The summed E-state index contributed by atoms with van der Waals surface area (Å²) in [6.07, 6.45) is 3.68. The second kappa shape index (κ2) is 2.68. The molecule has 0 aromatic carbocycles. The molecular weight excluding hydrogens is 271 g/mol. The Hall–Kier alpha value is -0.130. The summed E-state index contributed by atoms with van der Waals surface area (Å²) >= 11 is 2.09. The summed E-state index contributed by atoms with van der Waals surface area (Å²) in [6, 6.07) is 0. The normalized spacial score (nSPS) is 40.9. The highest BCUT2D eigenvalue weighted by atomic mass is 127. The number of rotatable bonds is 0. The molecule has 0 radical (unpaired) electrons. The van der Waals surface area contributed by atoms with Gasteiger partial charge in [-0.25, -0.2) is 0 Å². The van der Waals surface area contributed by atoms with Gasteiger partial charge in [-0.2, -0.15) is 0 Å². The highest BCUT2D eigenvalue weighted by molar-refractivity contribution is 14.1. The number of carbonyl (C=O) groups is 2. The molecule has 2 fully saturated rings. The van der Waals surface area contributed by atoms with Gasteiger partial charge in [0.15, 0.2) is 0 Å². The fourth-order valence-corrected chi connectivity index (χ4v) is 2.99. The zero-order chi connectivity index (χ0) is 8.77. The lowest BCUT2D eigenvalue weighted by Gasteiger charge is -2.27. The fourth-order valence-electron chi connectivity index (χ4n) is 1.93. The molecule has 66 valence electrons. The molecule has 3 nitrogen and oxygen atoms in total. The number of ether oxygens (including phenoxy) is 1.